The van der Waals surface area contributed by atoms with E-state index >= 15 is 0 Å². The van der Waals surface area contributed by atoms with E-state index in [1.165, 1.54) is 0 Å². The molecular weight excluding hydrogens is 178 g/mol. The molecule has 2 heterocycles. The molecule has 1 fully saturated rings. The second kappa shape index (κ2) is 3.84. The van der Waals surface area contributed by atoms with E-state index in [1.54, 1.807) is 12.3 Å². The summed E-state index contributed by atoms with van der Waals surface area (Å²) in [7, 11) is 2.07. The van der Waals surface area contributed by atoms with Crippen LogP contribution >= 0.6 is 0 Å². The van der Waals surface area contributed by atoms with Crippen molar-refractivity contribution < 1.29 is 4.79 Å². The van der Waals surface area contributed by atoms with Gasteiger partial charge in [0.2, 0.25) is 0 Å². The molecule has 2 rings (SSSR count). The van der Waals surface area contributed by atoms with Crippen molar-refractivity contribution in [2.75, 3.05) is 20.1 Å². The lowest BCUT2D eigenvalue weighted by molar-refractivity contribution is 0.0934. The van der Waals surface area contributed by atoms with Crippen LogP contribution in [-0.2, 0) is 0 Å². The molecule has 1 aromatic heterocycles. The number of nitrogens with one attached hydrogen (secondary N) is 2. The monoisotopic (exact) mass is 193 g/mol. The summed E-state index contributed by atoms with van der Waals surface area (Å²) in [5.41, 5.74) is 0.638. The van der Waals surface area contributed by atoms with Crippen LogP contribution in [0.15, 0.2) is 18.3 Å². The van der Waals surface area contributed by atoms with Crippen LogP contribution in [0.5, 0.6) is 0 Å². The Bertz CT molecular complexity index is 307. The van der Waals surface area contributed by atoms with E-state index in [0.29, 0.717) is 11.7 Å². The van der Waals surface area contributed by atoms with E-state index in [1.807, 2.05) is 6.07 Å². The van der Waals surface area contributed by atoms with Gasteiger partial charge in [0.05, 0.1) is 0 Å². The summed E-state index contributed by atoms with van der Waals surface area (Å²) in [4.78, 5) is 16.7. The predicted molar refractivity (Wildman–Crippen MR) is 54.2 cm³/mol. The first-order valence-electron chi connectivity index (χ1n) is 4.88. The number of carbonyl (C=O) groups excluding carboxylic acids is 1. The maximum atomic E-state index is 11.6. The smallest absolute Gasteiger partial charge is 0.267 e. The van der Waals surface area contributed by atoms with Crippen molar-refractivity contribution in [1.82, 2.24) is 15.2 Å². The lowest BCUT2D eigenvalue weighted by atomic mass is 10.2. The van der Waals surface area contributed by atoms with Crippen molar-refractivity contribution in [2.24, 2.45) is 0 Å². The molecule has 0 saturated carbocycles. The fraction of sp³-hybridized carbons (Fsp3) is 0.500. The molecule has 4 heteroatoms. The van der Waals surface area contributed by atoms with Gasteiger partial charge in [-0.15, -0.1) is 0 Å². The summed E-state index contributed by atoms with van der Waals surface area (Å²) >= 11 is 0. The van der Waals surface area contributed by atoms with Gasteiger partial charge in [-0.3, -0.25) is 4.79 Å². The molecular formula is C10H15N3O. The van der Waals surface area contributed by atoms with Gasteiger partial charge in [0, 0.05) is 18.8 Å². The first-order chi connectivity index (χ1) is 6.75. The fourth-order valence-electron chi connectivity index (χ4n) is 1.79. The average Bonchev–Trinajstić information content (AvgIpc) is 2.75. The topological polar surface area (TPSA) is 48.1 Å². The fourth-order valence-corrected chi connectivity index (χ4v) is 1.79. The van der Waals surface area contributed by atoms with E-state index < -0.39 is 0 Å². The summed E-state index contributed by atoms with van der Waals surface area (Å²) in [6.45, 7) is 2.02. The van der Waals surface area contributed by atoms with Crippen molar-refractivity contribution in [3.05, 3.63) is 24.0 Å². The maximum absolute atomic E-state index is 11.6. The lowest BCUT2D eigenvalue weighted by Gasteiger charge is -2.11. The number of aromatic amines is 1. The minimum atomic E-state index is -0.00435. The Morgan fingerprint density at radius 1 is 1.71 bits per heavy atom. The van der Waals surface area contributed by atoms with Crippen LogP contribution in [0.25, 0.3) is 0 Å². The van der Waals surface area contributed by atoms with Gasteiger partial charge in [0.1, 0.15) is 5.69 Å². The van der Waals surface area contributed by atoms with Gasteiger partial charge < -0.3 is 15.2 Å². The molecule has 1 saturated heterocycles. The Hall–Kier alpha value is -1.29. The number of hydrogen-bond acceptors (Lipinski definition) is 2. The molecule has 0 radical (unpaired) electrons. The maximum Gasteiger partial charge on any atom is 0.267 e. The van der Waals surface area contributed by atoms with Gasteiger partial charge >= 0.3 is 0 Å². The van der Waals surface area contributed by atoms with Gasteiger partial charge in [-0.05, 0) is 32.1 Å². The van der Waals surface area contributed by atoms with E-state index in [2.05, 4.69) is 22.2 Å². The number of likely N-dealkylation sites (N-methyl/N-ethyl adjacent to an activating group) is 1. The molecule has 4 nitrogen and oxygen atoms in total. The SMILES string of the molecule is CN1CCC(NC(=O)c2ccc[nH]2)C1. The number of H-pyrrole nitrogens is 1. The molecule has 1 aliphatic rings. The Morgan fingerprint density at radius 3 is 3.14 bits per heavy atom. The standard InChI is InChI=1S/C10H15N3O/c1-13-6-4-8(7-13)12-10(14)9-3-2-5-11-9/h2-3,5,8,11H,4,6-7H2,1H3,(H,12,14). The molecule has 1 aliphatic heterocycles. The number of rotatable bonds is 2. The minimum Gasteiger partial charge on any atom is -0.357 e. The highest BCUT2D eigenvalue weighted by molar-refractivity contribution is 5.92. The number of amides is 1. The van der Waals surface area contributed by atoms with Crippen molar-refractivity contribution in [3.63, 3.8) is 0 Å². The normalized spacial score (nSPS) is 22.5. The van der Waals surface area contributed by atoms with Crippen molar-refractivity contribution >= 4 is 5.91 Å². The highest BCUT2D eigenvalue weighted by atomic mass is 16.1. The number of likely N-dealkylation sites (tertiary alicyclic amines) is 1. The zero-order chi connectivity index (χ0) is 9.97. The summed E-state index contributed by atoms with van der Waals surface area (Å²) in [5.74, 6) is -0.00435. The Morgan fingerprint density at radius 2 is 2.57 bits per heavy atom. The van der Waals surface area contributed by atoms with E-state index in [-0.39, 0.29) is 5.91 Å². The highest BCUT2D eigenvalue weighted by Crippen LogP contribution is 2.06. The Balaban J connectivity index is 1.89. The van der Waals surface area contributed by atoms with E-state index in [0.717, 1.165) is 19.5 Å². The summed E-state index contributed by atoms with van der Waals surface area (Å²) in [6.07, 6.45) is 2.80. The van der Waals surface area contributed by atoms with Gasteiger partial charge in [0.25, 0.3) is 5.91 Å². The zero-order valence-electron chi connectivity index (χ0n) is 8.29. The van der Waals surface area contributed by atoms with Gasteiger partial charge in [0.15, 0.2) is 0 Å². The van der Waals surface area contributed by atoms with Crippen LogP contribution in [-0.4, -0.2) is 42.0 Å². The molecule has 0 spiro atoms. The van der Waals surface area contributed by atoms with Crippen LogP contribution in [0.2, 0.25) is 0 Å². The third kappa shape index (κ3) is 1.96. The molecule has 76 valence electrons. The number of nitrogens with zero attached hydrogens (tertiary/aromatic N) is 1. The number of hydrogen-bond donors (Lipinski definition) is 2. The summed E-state index contributed by atoms with van der Waals surface area (Å²) < 4.78 is 0. The molecule has 14 heavy (non-hydrogen) atoms. The van der Waals surface area contributed by atoms with Gasteiger partial charge in [-0.2, -0.15) is 0 Å². The average molecular weight is 193 g/mol. The van der Waals surface area contributed by atoms with Crippen molar-refractivity contribution in [1.29, 1.82) is 0 Å². The highest BCUT2D eigenvalue weighted by Gasteiger charge is 2.21. The van der Waals surface area contributed by atoms with Crippen LogP contribution in [0.1, 0.15) is 16.9 Å². The van der Waals surface area contributed by atoms with Crippen LogP contribution in [0.3, 0.4) is 0 Å². The van der Waals surface area contributed by atoms with Gasteiger partial charge in [-0.25, -0.2) is 0 Å². The van der Waals surface area contributed by atoms with Crippen molar-refractivity contribution in [2.45, 2.75) is 12.5 Å². The van der Waals surface area contributed by atoms with Crippen LogP contribution in [0.4, 0.5) is 0 Å². The van der Waals surface area contributed by atoms with Gasteiger partial charge in [-0.1, -0.05) is 0 Å². The zero-order valence-corrected chi connectivity index (χ0v) is 8.29. The molecule has 1 amide bonds. The predicted octanol–water partition coefficient (Wildman–Crippen LogP) is 0.449. The Kier molecular flexibility index (Phi) is 2.54. The molecule has 1 unspecified atom stereocenters. The largest absolute Gasteiger partial charge is 0.357 e. The minimum absolute atomic E-state index is 0.00435. The molecule has 0 bridgehead atoms. The Labute approximate surface area is 83.3 Å². The first kappa shape index (κ1) is 9.27. The molecule has 2 N–H and O–H groups in total. The second-order valence-corrected chi connectivity index (χ2v) is 3.81. The third-order valence-electron chi connectivity index (χ3n) is 2.57. The van der Waals surface area contributed by atoms with Crippen molar-refractivity contribution in [3.8, 4) is 0 Å². The summed E-state index contributed by atoms with van der Waals surface area (Å²) in [6, 6.07) is 3.92. The number of aromatic nitrogens is 1. The number of carbonyl (C=O) groups is 1. The molecule has 1 aromatic rings. The van der Waals surface area contributed by atoms with Crippen LogP contribution < -0.4 is 5.32 Å². The summed E-state index contributed by atoms with van der Waals surface area (Å²) in [5, 5.41) is 3.00. The third-order valence-corrected chi connectivity index (χ3v) is 2.57. The van der Waals surface area contributed by atoms with E-state index in [4.69, 9.17) is 0 Å². The quantitative estimate of drug-likeness (QED) is 0.716. The lowest BCUT2D eigenvalue weighted by Crippen LogP contribution is -2.36. The van der Waals surface area contributed by atoms with E-state index in [9.17, 15) is 4.79 Å². The molecule has 0 aliphatic carbocycles. The first-order valence-corrected chi connectivity index (χ1v) is 4.88. The second-order valence-electron chi connectivity index (χ2n) is 3.81. The molecule has 0 aromatic carbocycles. The van der Waals surface area contributed by atoms with Crippen LogP contribution in [0, 0.1) is 0 Å². The molecule has 1 atom stereocenters.